The van der Waals surface area contributed by atoms with E-state index >= 15 is 0 Å². The molecular formula is C24H36N6O. The topological polar surface area (TPSA) is 57.9 Å². The average molecular weight is 425 g/mol. The lowest BCUT2D eigenvalue weighted by Crippen LogP contribution is -2.49. The van der Waals surface area contributed by atoms with Crippen LogP contribution in [-0.4, -0.2) is 71.2 Å². The molecule has 2 aromatic rings. The van der Waals surface area contributed by atoms with Crippen molar-refractivity contribution in [1.82, 2.24) is 24.7 Å². The standard InChI is InChI=1S/C24H36N6O/c1-3-26-24(29-10-8-20(2)23(18-29)30-11-9-25-19-30)27-16-21-4-6-22(7-5-21)17-28-12-14-31-15-13-28/h4-7,9,11,19-20,23H,3,8,10,12-18H2,1-2H3,(H,26,27). The van der Waals surface area contributed by atoms with Gasteiger partial charge in [0.25, 0.3) is 0 Å². The Kier molecular flexibility index (Phi) is 7.59. The summed E-state index contributed by atoms with van der Waals surface area (Å²) < 4.78 is 7.69. The fraction of sp³-hybridized carbons (Fsp3) is 0.583. The molecule has 0 bridgehead atoms. The summed E-state index contributed by atoms with van der Waals surface area (Å²) in [4.78, 5) is 14.1. The van der Waals surface area contributed by atoms with Crippen LogP contribution in [-0.2, 0) is 17.8 Å². The summed E-state index contributed by atoms with van der Waals surface area (Å²) in [6.45, 7) is 12.8. The van der Waals surface area contributed by atoms with E-state index in [0.29, 0.717) is 18.5 Å². The number of rotatable bonds is 6. The van der Waals surface area contributed by atoms with Crippen LogP contribution in [0.4, 0.5) is 0 Å². The van der Waals surface area contributed by atoms with Crippen LogP contribution in [0.15, 0.2) is 48.0 Å². The van der Waals surface area contributed by atoms with Crippen molar-refractivity contribution in [1.29, 1.82) is 0 Å². The highest BCUT2D eigenvalue weighted by Crippen LogP contribution is 2.27. The fourth-order valence-corrected chi connectivity index (χ4v) is 4.45. The molecule has 7 heteroatoms. The number of hydrogen-bond donors (Lipinski definition) is 1. The number of morpholine rings is 1. The van der Waals surface area contributed by atoms with Crippen molar-refractivity contribution in [3.63, 3.8) is 0 Å². The van der Waals surface area contributed by atoms with Gasteiger partial charge in [0, 0.05) is 51.7 Å². The van der Waals surface area contributed by atoms with Crippen molar-refractivity contribution in [2.45, 2.75) is 39.4 Å². The first-order chi connectivity index (χ1) is 15.2. The third-order valence-electron chi connectivity index (χ3n) is 6.41. The molecule has 2 aliphatic heterocycles. The molecule has 0 aliphatic carbocycles. The minimum absolute atomic E-state index is 0.430. The van der Waals surface area contributed by atoms with Gasteiger partial charge in [0.1, 0.15) is 0 Å². The summed E-state index contributed by atoms with van der Waals surface area (Å²) in [7, 11) is 0. The molecule has 0 spiro atoms. The molecule has 31 heavy (non-hydrogen) atoms. The van der Waals surface area contributed by atoms with E-state index in [-0.39, 0.29) is 0 Å². The highest BCUT2D eigenvalue weighted by molar-refractivity contribution is 5.80. The Morgan fingerprint density at radius 3 is 2.65 bits per heavy atom. The molecule has 1 N–H and O–H groups in total. The number of hydrogen-bond acceptors (Lipinski definition) is 4. The van der Waals surface area contributed by atoms with Crippen LogP contribution >= 0.6 is 0 Å². The Morgan fingerprint density at radius 2 is 1.94 bits per heavy atom. The first kappa shape index (κ1) is 21.8. The summed E-state index contributed by atoms with van der Waals surface area (Å²) in [6, 6.07) is 9.35. The second-order valence-electron chi connectivity index (χ2n) is 8.66. The van der Waals surface area contributed by atoms with Crippen LogP contribution in [0.25, 0.3) is 0 Å². The number of nitrogens with zero attached hydrogens (tertiary/aromatic N) is 5. The van der Waals surface area contributed by atoms with Crippen molar-refractivity contribution in [3.8, 4) is 0 Å². The number of aliphatic imine (C=N–C) groups is 1. The third kappa shape index (κ3) is 5.86. The van der Waals surface area contributed by atoms with E-state index in [2.05, 4.69) is 69.0 Å². The summed E-state index contributed by atoms with van der Waals surface area (Å²) in [5, 5.41) is 3.50. The molecule has 2 unspecified atom stereocenters. The molecule has 168 valence electrons. The zero-order valence-electron chi connectivity index (χ0n) is 18.9. The van der Waals surface area contributed by atoms with E-state index in [0.717, 1.165) is 64.9 Å². The van der Waals surface area contributed by atoms with Gasteiger partial charge in [-0.1, -0.05) is 31.2 Å². The first-order valence-corrected chi connectivity index (χ1v) is 11.6. The number of aromatic nitrogens is 2. The number of likely N-dealkylation sites (tertiary alicyclic amines) is 1. The lowest BCUT2D eigenvalue weighted by atomic mass is 9.93. The fourth-order valence-electron chi connectivity index (χ4n) is 4.45. The van der Waals surface area contributed by atoms with E-state index < -0.39 is 0 Å². The van der Waals surface area contributed by atoms with Gasteiger partial charge in [0.15, 0.2) is 5.96 Å². The third-order valence-corrected chi connectivity index (χ3v) is 6.41. The van der Waals surface area contributed by atoms with Gasteiger partial charge in [0.2, 0.25) is 0 Å². The lowest BCUT2D eigenvalue weighted by molar-refractivity contribution is 0.0342. The molecule has 2 fully saturated rings. The molecule has 0 radical (unpaired) electrons. The van der Waals surface area contributed by atoms with Crippen LogP contribution in [0.2, 0.25) is 0 Å². The molecular weight excluding hydrogens is 388 g/mol. The van der Waals surface area contributed by atoms with Gasteiger partial charge in [-0.25, -0.2) is 9.98 Å². The monoisotopic (exact) mass is 424 g/mol. The summed E-state index contributed by atoms with van der Waals surface area (Å²) >= 11 is 0. The summed E-state index contributed by atoms with van der Waals surface area (Å²) in [5.74, 6) is 1.64. The van der Waals surface area contributed by atoms with Gasteiger partial charge in [-0.05, 0) is 30.4 Å². The number of nitrogens with one attached hydrogen (secondary N) is 1. The minimum Gasteiger partial charge on any atom is -0.379 e. The van der Waals surface area contributed by atoms with Gasteiger partial charge in [-0.3, -0.25) is 4.90 Å². The van der Waals surface area contributed by atoms with Gasteiger partial charge in [0.05, 0.1) is 32.1 Å². The molecule has 0 amide bonds. The largest absolute Gasteiger partial charge is 0.379 e. The van der Waals surface area contributed by atoms with E-state index in [1.165, 1.54) is 11.1 Å². The second-order valence-corrected chi connectivity index (χ2v) is 8.66. The molecule has 0 saturated carbocycles. The Hall–Kier alpha value is -2.38. The lowest BCUT2D eigenvalue weighted by Gasteiger charge is -2.39. The number of guanidine groups is 1. The summed E-state index contributed by atoms with van der Waals surface area (Å²) in [5.41, 5.74) is 2.60. The molecule has 1 aromatic heterocycles. The predicted molar refractivity (Wildman–Crippen MR) is 124 cm³/mol. The van der Waals surface area contributed by atoms with Crippen molar-refractivity contribution in [2.75, 3.05) is 45.9 Å². The van der Waals surface area contributed by atoms with E-state index in [4.69, 9.17) is 9.73 Å². The maximum absolute atomic E-state index is 5.44. The van der Waals surface area contributed by atoms with Crippen molar-refractivity contribution >= 4 is 5.96 Å². The molecule has 7 nitrogen and oxygen atoms in total. The quantitative estimate of drug-likeness (QED) is 0.571. The summed E-state index contributed by atoms with van der Waals surface area (Å²) in [6.07, 6.45) is 7.04. The Bertz CT molecular complexity index is 813. The molecule has 3 heterocycles. The Balaban J connectivity index is 1.38. The smallest absolute Gasteiger partial charge is 0.194 e. The van der Waals surface area contributed by atoms with Crippen LogP contribution in [0.3, 0.4) is 0 Å². The van der Waals surface area contributed by atoms with Gasteiger partial charge >= 0.3 is 0 Å². The molecule has 4 rings (SSSR count). The van der Waals surface area contributed by atoms with Crippen LogP contribution in [0, 0.1) is 5.92 Å². The highest BCUT2D eigenvalue weighted by Gasteiger charge is 2.28. The maximum Gasteiger partial charge on any atom is 0.194 e. The Morgan fingerprint density at radius 1 is 1.16 bits per heavy atom. The zero-order valence-corrected chi connectivity index (χ0v) is 18.9. The van der Waals surface area contributed by atoms with Crippen molar-refractivity contribution < 1.29 is 4.74 Å². The molecule has 2 atom stereocenters. The van der Waals surface area contributed by atoms with Crippen molar-refractivity contribution in [2.24, 2.45) is 10.9 Å². The number of piperidine rings is 1. The average Bonchev–Trinajstić information content (AvgIpc) is 3.34. The Labute approximate surface area is 186 Å². The zero-order chi connectivity index (χ0) is 21.5. The van der Waals surface area contributed by atoms with E-state index in [9.17, 15) is 0 Å². The minimum atomic E-state index is 0.430. The molecule has 2 saturated heterocycles. The van der Waals surface area contributed by atoms with E-state index in [1.54, 1.807) is 0 Å². The molecule has 2 aliphatic rings. The number of benzene rings is 1. The van der Waals surface area contributed by atoms with Crippen LogP contribution < -0.4 is 5.32 Å². The van der Waals surface area contributed by atoms with Crippen LogP contribution in [0.5, 0.6) is 0 Å². The van der Waals surface area contributed by atoms with E-state index in [1.807, 2.05) is 12.5 Å². The van der Waals surface area contributed by atoms with Crippen molar-refractivity contribution in [3.05, 3.63) is 54.1 Å². The number of imidazole rings is 1. The highest BCUT2D eigenvalue weighted by atomic mass is 16.5. The van der Waals surface area contributed by atoms with Gasteiger partial charge in [-0.2, -0.15) is 0 Å². The maximum atomic E-state index is 5.44. The van der Waals surface area contributed by atoms with Gasteiger partial charge < -0.3 is 19.5 Å². The first-order valence-electron chi connectivity index (χ1n) is 11.6. The normalized spacial score (nSPS) is 23.2. The van der Waals surface area contributed by atoms with Crippen LogP contribution in [0.1, 0.15) is 37.4 Å². The van der Waals surface area contributed by atoms with Gasteiger partial charge in [-0.15, -0.1) is 0 Å². The number of ether oxygens (including phenoxy) is 1. The molecule has 1 aromatic carbocycles. The predicted octanol–water partition coefficient (Wildman–Crippen LogP) is 2.76. The second kappa shape index (κ2) is 10.8. The SMILES string of the molecule is CCNC(=NCc1ccc(CN2CCOCC2)cc1)N1CCC(C)C(n2ccnc2)C1.